The van der Waals surface area contributed by atoms with E-state index in [9.17, 15) is 49.1 Å². The number of methoxy groups -OCH3 is 1. The van der Waals surface area contributed by atoms with E-state index in [1.807, 2.05) is 0 Å². The fourth-order valence-electron chi connectivity index (χ4n) is 10.6. The van der Waals surface area contributed by atoms with Gasteiger partial charge in [-0.05, 0) is 107 Å². The quantitative estimate of drug-likeness (QED) is 0.0937. The van der Waals surface area contributed by atoms with Crippen molar-refractivity contribution in [1.29, 1.82) is 0 Å². The molecule has 8 N–H and O–H groups in total. The van der Waals surface area contributed by atoms with Crippen molar-refractivity contribution in [3.05, 3.63) is 0 Å². The number of hydrogen-bond donors (Lipinski definition) is 7. The van der Waals surface area contributed by atoms with Gasteiger partial charge in [-0.25, -0.2) is 0 Å². The zero-order valence-electron chi connectivity index (χ0n) is 30.9. The topological polar surface area (TPSA) is 300 Å². The second-order valence-electron chi connectivity index (χ2n) is 16.9. The van der Waals surface area contributed by atoms with E-state index in [0.29, 0.717) is 31.7 Å². The largest absolute Gasteiger partial charge is 0.391 e. The van der Waals surface area contributed by atoms with E-state index in [0.717, 1.165) is 32.1 Å². The zero-order chi connectivity index (χ0) is 39.2. The molecule has 0 heterocycles. The van der Waals surface area contributed by atoms with E-state index in [-0.39, 0.29) is 79.0 Å². The van der Waals surface area contributed by atoms with Gasteiger partial charge in [0.15, 0.2) is 0 Å². The van der Waals surface area contributed by atoms with Gasteiger partial charge in [0.2, 0.25) is 0 Å². The number of nitrogens with zero attached hydrogens (tertiary/aromatic N) is 4. The maximum Gasteiger partial charge on any atom is 0.270 e. The summed E-state index contributed by atoms with van der Waals surface area (Å²) in [6.45, 7) is 0. The molecule has 55 heavy (non-hydrogen) atoms. The molecule has 1 radical (unpaired) electrons. The third-order valence-corrected chi connectivity index (χ3v) is 17.4. The Hall–Kier alpha value is -0.751. The van der Waals surface area contributed by atoms with Crippen molar-refractivity contribution in [3.63, 3.8) is 0 Å². The molecule has 6 aliphatic carbocycles. The molecule has 15 atom stereocenters. The number of hydrogen-bond acceptors (Lipinski definition) is 15. The average molecular weight is 891 g/mol. The summed E-state index contributed by atoms with van der Waals surface area (Å²) in [6, 6.07) is -2.24. The van der Waals surface area contributed by atoms with Gasteiger partial charge < -0.3 is 26.0 Å². The van der Waals surface area contributed by atoms with Crippen molar-refractivity contribution in [3.8, 4) is 0 Å². The molecular formula is C33H58CuN6O12S3. The van der Waals surface area contributed by atoms with Gasteiger partial charge in [0.1, 0.15) is 11.3 Å². The van der Waals surface area contributed by atoms with Gasteiger partial charge in [0, 0.05) is 55.1 Å². The Labute approximate surface area is 334 Å². The first-order valence-electron chi connectivity index (χ1n) is 19.4. The van der Waals surface area contributed by atoms with Crippen LogP contribution in [-0.2, 0) is 52.2 Å². The monoisotopic (exact) mass is 889 g/mol. The van der Waals surface area contributed by atoms with Crippen LogP contribution in [0.2, 0.25) is 0 Å². The standard InChI is InChI=1S/C33H58N6O12S3.Cu/c1-51-29-16-26(28(40)15-27(29)38-36-22-5-2-17-11-23(52(42,43)44)14-30(25(17)13-22)53(45,46)47)37-39-32-31(54(48,49)50)12-18-10-21(8-9-24(18)33(32)41)35-20-6-3-19(34)4-7-20;/h17-33,35,40-41H,2-16,34H2,1H3,(H,42,43,44)(H,45,46,47)(H,48,49,50);. The number of nitrogens with one attached hydrogen (secondary N) is 1. The fraction of sp³-hybridized carbons (Fsp3) is 1.00. The van der Waals surface area contributed by atoms with Crippen molar-refractivity contribution in [2.75, 3.05) is 7.11 Å². The first kappa shape index (κ1) is 45.3. The van der Waals surface area contributed by atoms with Crippen LogP contribution in [0.3, 0.4) is 0 Å². The molecule has 0 amide bonds. The Balaban J connectivity index is 0.00000580. The van der Waals surface area contributed by atoms with Gasteiger partial charge in [-0.1, -0.05) is 0 Å². The molecule has 0 aliphatic heterocycles. The van der Waals surface area contributed by atoms with Crippen LogP contribution in [0.4, 0.5) is 0 Å². The molecule has 0 spiro atoms. The van der Waals surface area contributed by atoms with E-state index >= 15 is 0 Å². The van der Waals surface area contributed by atoms with Crippen LogP contribution in [0.25, 0.3) is 0 Å². The molecule has 0 aromatic heterocycles. The number of rotatable bonds is 10. The van der Waals surface area contributed by atoms with Crippen LogP contribution < -0.4 is 11.1 Å². The van der Waals surface area contributed by atoms with Crippen molar-refractivity contribution < 1.29 is 70.9 Å². The summed E-state index contributed by atoms with van der Waals surface area (Å²) in [5, 5.41) is 40.0. The molecule has 0 bridgehead atoms. The second kappa shape index (κ2) is 18.3. The summed E-state index contributed by atoms with van der Waals surface area (Å²) in [5.74, 6) is -1.24. The van der Waals surface area contributed by atoms with E-state index < -0.39 is 101 Å². The molecule has 6 rings (SSSR count). The SMILES string of the molecule is COC1CC(N=NC2C(O)C3CCC(NC4CCC(N)CC4)CC3CC2S(=O)(=O)O)C(O)CC1N=NC1CCC2CC(S(=O)(=O)O)CC(S(=O)(=O)O)C2C1.[Cu]. The Kier molecular flexibility index (Phi) is 15.0. The Morgan fingerprint density at radius 1 is 0.618 bits per heavy atom. The average Bonchev–Trinajstić information content (AvgIpc) is 3.09. The molecule has 6 fully saturated rings. The number of aliphatic hydroxyl groups excluding tert-OH is 2. The molecule has 0 aromatic rings. The van der Waals surface area contributed by atoms with Gasteiger partial charge in [0.25, 0.3) is 30.4 Å². The van der Waals surface area contributed by atoms with Gasteiger partial charge in [-0.2, -0.15) is 45.7 Å². The first-order chi connectivity index (χ1) is 25.3. The molecule has 6 saturated carbocycles. The maximum absolute atomic E-state index is 12.7. The summed E-state index contributed by atoms with van der Waals surface area (Å²) in [4.78, 5) is 0. The van der Waals surface area contributed by atoms with Crippen LogP contribution in [0.15, 0.2) is 20.5 Å². The maximum atomic E-state index is 12.7. The zero-order valence-corrected chi connectivity index (χ0v) is 34.3. The molecule has 0 saturated heterocycles. The van der Waals surface area contributed by atoms with E-state index in [1.54, 1.807) is 0 Å². The number of fused-ring (bicyclic) bond motifs is 2. The van der Waals surface area contributed by atoms with Crippen molar-refractivity contribution >= 4 is 30.4 Å². The van der Waals surface area contributed by atoms with Gasteiger partial charge >= 0.3 is 0 Å². The Bertz CT molecular complexity index is 1700. The van der Waals surface area contributed by atoms with Crippen LogP contribution in [0.1, 0.15) is 96.3 Å². The van der Waals surface area contributed by atoms with Crippen molar-refractivity contribution in [2.45, 2.75) is 173 Å². The van der Waals surface area contributed by atoms with Crippen LogP contribution in [0.5, 0.6) is 0 Å². The third-order valence-electron chi connectivity index (χ3n) is 13.6. The number of nitrogens with two attached hydrogens (primary N) is 1. The molecule has 0 aromatic carbocycles. The van der Waals surface area contributed by atoms with Gasteiger partial charge in [-0.15, -0.1) is 0 Å². The first-order valence-corrected chi connectivity index (χ1v) is 23.9. The normalized spacial score (nSPS) is 44.7. The molecule has 22 heteroatoms. The predicted molar refractivity (Wildman–Crippen MR) is 196 cm³/mol. The van der Waals surface area contributed by atoms with E-state index in [2.05, 4.69) is 25.8 Å². The minimum atomic E-state index is -4.61. The van der Waals surface area contributed by atoms with Crippen LogP contribution >= 0.6 is 0 Å². The van der Waals surface area contributed by atoms with E-state index in [1.165, 1.54) is 7.11 Å². The predicted octanol–water partition coefficient (Wildman–Crippen LogP) is 1.92. The van der Waals surface area contributed by atoms with E-state index in [4.69, 9.17) is 10.5 Å². The number of azo groups is 2. The molecule has 6 aliphatic rings. The van der Waals surface area contributed by atoms with Gasteiger partial charge in [-0.3, -0.25) is 13.7 Å². The third kappa shape index (κ3) is 10.9. The molecule has 15 unspecified atom stereocenters. The summed E-state index contributed by atoms with van der Waals surface area (Å²) in [7, 11) is -12.2. The molecular weight excluding hydrogens is 832 g/mol. The van der Waals surface area contributed by atoms with Crippen molar-refractivity contribution in [2.24, 2.45) is 49.9 Å². The smallest absolute Gasteiger partial charge is 0.270 e. The van der Waals surface area contributed by atoms with Crippen molar-refractivity contribution in [1.82, 2.24) is 5.32 Å². The van der Waals surface area contributed by atoms with Crippen LogP contribution in [0, 0.1) is 23.7 Å². The molecule has 321 valence electrons. The minimum Gasteiger partial charge on any atom is -0.391 e. The minimum absolute atomic E-state index is 0. The number of aliphatic hydroxyl groups is 2. The van der Waals surface area contributed by atoms with Crippen LogP contribution in [-0.4, -0.2) is 133 Å². The molecule has 18 nitrogen and oxygen atoms in total. The summed E-state index contributed by atoms with van der Waals surface area (Å²) < 4.78 is 109. The Morgan fingerprint density at radius 3 is 1.91 bits per heavy atom. The number of ether oxygens (including phenoxy) is 1. The summed E-state index contributed by atoms with van der Waals surface area (Å²) in [5.41, 5.74) is 6.06. The summed E-state index contributed by atoms with van der Waals surface area (Å²) >= 11 is 0. The fourth-order valence-corrected chi connectivity index (χ4v) is 14.0. The summed E-state index contributed by atoms with van der Waals surface area (Å²) in [6.07, 6.45) is 4.57. The Morgan fingerprint density at radius 2 is 1.27 bits per heavy atom. The van der Waals surface area contributed by atoms with Gasteiger partial charge in [0.05, 0.1) is 46.9 Å². The second-order valence-corrected chi connectivity index (χ2v) is 21.9.